The van der Waals surface area contributed by atoms with E-state index in [2.05, 4.69) is 47.6 Å². The Labute approximate surface area is 219 Å². The van der Waals surface area contributed by atoms with Gasteiger partial charge in [0.05, 0.1) is 0 Å². The molecule has 0 N–H and O–H groups in total. The highest BCUT2D eigenvalue weighted by molar-refractivity contribution is 5.25. The zero-order valence-electron chi connectivity index (χ0n) is 24.6. The Morgan fingerprint density at radius 1 is 0.829 bits per heavy atom. The van der Waals surface area contributed by atoms with Crippen molar-refractivity contribution in [1.29, 1.82) is 0 Å². The number of rotatable bonds is 7. The number of fused-ring (bicyclic) bond motifs is 5. The average molecular weight is 481 g/mol. The van der Waals surface area contributed by atoms with E-state index in [4.69, 9.17) is 0 Å². The van der Waals surface area contributed by atoms with Crippen molar-refractivity contribution in [1.82, 2.24) is 0 Å². The van der Waals surface area contributed by atoms with Gasteiger partial charge < -0.3 is 0 Å². The first-order valence-corrected chi connectivity index (χ1v) is 16.4. The van der Waals surface area contributed by atoms with Crippen molar-refractivity contribution in [2.24, 2.45) is 64.1 Å². The van der Waals surface area contributed by atoms with E-state index in [-0.39, 0.29) is 0 Å². The highest BCUT2D eigenvalue weighted by Gasteiger charge is 2.59. The normalized spacial score (nSPS) is 46.5. The van der Waals surface area contributed by atoms with E-state index in [0.717, 1.165) is 53.3 Å². The fourth-order valence-electron chi connectivity index (χ4n) is 11.0. The third-order valence-corrected chi connectivity index (χ3v) is 13.2. The summed E-state index contributed by atoms with van der Waals surface area (Å²) >= 11 is 0. The molecule has 8 atom stereocenters. The SMILES string of the molecule is CC(C)CCCC(C)C1CCC2C3CC=C4CC(CC5CCC(C)CC5)CCC4(C)C3CCC12C. The first kappa shape index (κ1) is 26.4. The van der Waals surface area contributed by atoms with E-state index in [1.165, 1.54) is 89.9 Å². The van der Waals surface area contributed by atoms with Gasteiger partial charge in [0.15, 0.2) is 0 Å². The van der Waals surface area contributed by atoms with Gasteiger partial charge in [-0.25, -0.2) is 0 Å². The number of allylic oxidation sites excluding steroid dienone is 2. The summed E-state index contributed by atoms with van der Waals surface area (Å²) in [6.07, 6.45) is 26.8. The molecule has 0 aliphatic heterocycles. The summed E-state index contributed by atoms with van der Waals surface area (Å²) in [4.78, 5) is 0. The molecule has 0 nitrogen and oxygen atoms in total. The first-order chi connectivity index (χ1) is 16.7. The van der Waals surface area contributed by atoms with Gasteiger partial charge in [-0.2, -0.15) is 0 Å². The fourth-order valence-corrected chi connectivity index (χ4v) is 11.0. The van der Waals surface area contributed by atoms with E-state index in [1.807, 2.05) is 5.57 Å². The Balaban J connectivity index is 1.23. The zero-order valence-corrected chi connectivity index (χ0v) is 24.6. The second-order valence-corrected chi connectivity index (χ2v) is 15.8. The largest absolute Gasteiger partial charge is 0.0845 e. The lowest BCUT2D eigenvalue weighted by molar-refractivity contribution is -0.0534. The fraction of sp³-hybridized carbons (Fsp3) is 0.943. The maximum atomic E-state index is 2.83. The predicted molar refractivity (Wildman–Crippen MR) is 152 cm³/mol. The smallest absolute Gasteiger partial charge is 0.00851 e. The van der Waals surface area contributed by atoms with E-state index >= 15 is 0 Å². The molecule has 0 aromatic heterocycles. The van der Waals surface area contributed by atoms with Crippen LogP contribution in [0.15, 0.2) is 11.6 Å². The molecule has 0 radical (unpaired) electrons. The van der Waals surface area contributed by atoms with Crippen molar-refractivity contribution in [3.63, 3.8) is 0 Å². The standard InChI is InChI=1S/C35H60/c1-24(2)8-7-9-26(4)31-16-17-32-30-15-14-29-23-28(22-27-12-10-25(3)11-13-27)18-20-34(29,5)33(30)19-21-35(31,32)6/h14,24-28,30-33H,7-13,15-23H2,1-6H3. The van der Waals surface area contributed by atoms with E-state index in [9.17, 15) is 0 Å². The molecule has 0 aromatic rings. The van der Waals surface area contributed by atoms with Crippen LogP contribution >= 0.6 is 0 Å². The van der Waals surface area contributed by atoms with E-state index in [0.29, 0.717) is 10.8 Å². The van der Waals surface area contributed by atoms with Gasteiger partial charge in [-0.1, -0.05) is 98.1 Å². The third kappa shape index (κ3) is 5.09. The van der Waals surface area contributed by atoms with Gasteiger partial charge in [0, 0.05) is 0 Å². The molecular formula is C35H60. The van der Waals surface area contributed by atoms with Crippen LogP contribution in [0.3, 0.4) is 0 Å². The second-order valence-electron chi connectivity index (χ2n) is 15.8. The summed E-state index contributed by atoms with van der Waals surface area (Å²) in [5, 5.41) is 0. The summed E-state index contributed by atoms with van der Waals surface area (Å²) in [6, 6.07) is 0. The lowest BCUT2D eigenvalue weighted by atomic mass is 9.46. The van der Waals surface area contributed by atoms with Gasteiger partial charge in [-0.15, -0.1) is 0 Å². The second kappa shape index (κ2) is 10.5. The van der Waals surface area contributed by atoms with Gasteiger partial charge in [-0.05, 0) is 122 Å². The highest BCUT2D eigenvalue weighted by atomic mass is 14.6. The highest BCUT2D eigenvalue weighted by Crippen LogP contribution is 2.67. The topological polar surface area (TPSA) is 0 Å². The average Bonchev–Trinajstić information content (AvgIpc) is 3.18. The summed E-state index contributed by atoms with van der Waals surface area (Å²) in [7, 11) is 0. The van der Waals surface area contributed by atoms with Gasteiger partial charge in [0.2, 0.25) is 0 Å². The molecular weight excluding hydrogens is 420 g/mol. The monoisotopic (exact) mass is 480 g/mol. The van der Waals surface area contributed by atoms with Crippen molar-refractivity contribution >= 4 is 0 Å². The minimum Gasteiger partial charge on any atom is -0.0845 e. The molecule has 0 saturated heterocycles. The minimum absolute atomic E-state index is 0.544. The molecule has 200 valence electrons. The van der Waals surface area contributed by atoms with Crippen LogP contribution in [0.1, 0.15) is 144 Å². The van der Waals surface area contributed by atoms with E-state index in [1.54, 1.807) is 12.8 Å². The molecule has 0 amide bonds. The quantitative estimate of drug-likeness (QED) is 0.318. The molecule has 0 heteroatoms. The summed E-state index contributed by atoms with van der Waals surface area (Å²) in [5.74, 6) is 8.83. The molecule has 5 aliphatic carbocycles. The molecule has 4 saturated carbocycles. The number of hydrogen-bond acceptors (Lipinski definition) is 0. The molecule has 0 aromatic carbocycles. The van der Waals surface area contributed by atoms with Crippen molar-refractivity contribution in [3.8, 4) is 0 Å². The van der Waals surface area contributed by atoms with Crippen LogP contribution in [0.2, 0.25) is 0 Å². The number of hydrogen-bond donors (Lipinski definition) is 0. The third-order valence-electron chi connectivity index (χ3n) is 13.2. The summed E-state index contributed by atoms with van der Waals surface area (Å²) < 4.78 is 0. The van der Waals surface area contributed by atoms with Crippen LogP contribution in [0, 0.1) is 64.1 Å². The molecule has 5 rings (SSSR count). The molecule has 35 heavy (non-hydrogen) atoms. The van der Waals surface area contributed by atoms with Crippen LogP contribution < -0.4 is 0 Å². The van der Waals surface area contributed by atoms with Crippen molar-refractivity contribution in [2.75, 3.05) is 0 Å². The van der Waals surface area contributed by atoms with Crippen LogP contribution in [-0.4, -0.2) is 0 Å². The molecule has 0 heterocycles. The molecule has 5 aliphatic rings. The summed E-state index contributed by atoms with van der Waals surface area (Å²) in [6.45, 7) is 15.4. The first-order valence-electron chi connectivity index (χ1n) is 16.4. The molecule has 0 spiro atoms. The van der Waals surface area contributed by atoms with Gasteiger partial charge in [-0.3, -0.25) is 0 Å². The van der Waals surface area contributed by atoms with Gasteiger partial charge in [0.25, 0.3) is 0 Å². The summed E-state index contributed by atoms with van der Waals surface area (Å²) in [5.41, 5.74) is 3.11. The Morgan fingerprint density at radius 2 is 1.60 bits per heavy atom. The molecule has 8 unspecified atom stereocenters. The maximum Gasteiger partial charge on any atom is -0.00851 e. The Hall–Kier alpha value is -0.260. The predicted octanol–water partition coefficient (Wildman–Crippen LogP) is 10.9. The molecule has 4 fully saturated rings. The Morgan fingerprint density at radius 3 is 2.34 bits per heavy atom. The van der Waals surface area contributed by atoms with Crippen LogP contribution in [-0.2, 0) is 0 Å². The lowest BCUT2D eigenvalue weighted by Crippen LogP contribution is -2.50. The lowest BCUT2D eigenvalue weighted by Gasteiger charge is -2.58. The molecule has 0 bridgehead atoms. The van der Waals surface area contributed by atoms with Crippen LogP contribution in [0.4, 0.5) is 0 Å². The van der Waals surface area contributed by atoms with Crippen LogP contribution in [0.5, 0.6) is 0 Å². The Kier molecular flexibility index (Phi) is 7.89. The van der Waals surface area contributed by atoms with Gasteiger partial charge >= 0.3 is 0 Å². The van der Waals surface area contributed by atoms with Crippen molar-refractivity contribution in [2.45, 2.75) is 144 Å². The van der Waals surface area contributed by atoms with Crippen molar-refractivity contribution in [3.05, 3.63) is 11.6 Å². The zero-order chi connectivity index (χ0) is 24.8. The minimum atomic E-state index is 0.544. The van der Waals surface area contributed by atoms with Gasteiger partial charge in [0.1, 0.15) is 0 Å². The van der Waals surface area contributed by atoms with Crippen LogP contribution in [0.25, 0.3) is 0 Å². The van der Waals surface area contributed by atoms with Crippen molar-refractivity contribution < 1.29 is 0 Å². The Bertz CT molecular complexity index is 737. The van der Waals surface area contributed by atoms with E-state index < -0.39 is 0 Å². The maximum absolute atomic E-state index is 2.83.